The Morgan fingerprint density at radius 1 is 0.800 bits per heavy atom. The number of aromatic amines is 1. The van der Waals surface area contributed by atoms with Gasteiger partial charge in [-0.2, -0.15) is 10.1 Å². The number of aryl methyl sites for hydroxylation is 1. The van der Waals surface area contributed by atoms with E-state index in [-0.39, 0.29) is 87.3 Å². The SMILES string of the molecule is CC1=NN(c2ccc(S(=O)(=O)[O-])cc2[18F])C(=O)\C1=C/C=C/C=C/C=C/c1c(C)[nH]n(-c2ccc(S(=O)(=O)[O-])cc2[18F])c1=O.[Na+].[Na+]. The maximum absolute atomic E-state index is 14.4. The van der Waals surface area contributed by atoms with Gasteiger partial charge >= 0.3 is 59.1 Å². The Balaban J connectivity index is 0.00000353. The van der Waals surface area contributed by atoms with Crippen molar-refractivity contribution in [2.45, 2.75) is 23.6 Å². The predicted molar refractivity (Wildman–Crippen MR) is 149 cm³/mol. The number of hydrogen-bond donors (Lipinski definition) is 1. The number of carbonyl (C=O) groups is 1. The number of aromatic nitrogens is 2. The fraction of sp³-hybridized carbons (Fsp3) is 0.0741. The molecule has 0 unspecified atom stereocenters. The molecule has 1 aliphatic rings. The van der Waals surface area contributed by atoms with E-state index in [0.29, 0.717) is 17.8 Å². The number of hydrogen-bond acceptors (Lipinski definition) is 9. The molecule has 0 saturated heterocycles. The van der Waals surface area contributed by atoms with Gasteiger partial charge in [0.2, 0.25) is 0 Å². The summed E-state index contributed by atoms with van der Waals surface area (Å²) in [6.45, 7) is 3.09. The Morgan fingerprint density at radius 3 is 1.84 bits per heavy atom. The summed E-state index contributed by atoms with van der Waals surface area (Å²) in [6, 6.07) is 4.79. The van der Waals surface area contributed by atoms with E-state index in [2.05, 4.69) is 10.2 Å². The third-order valence-corrected chi connectivity index (χ3v) is 7.70. The number of allylic oxidation sites excluding steroid dienone is 6. The Hall–Kier alpha value is -2.77. The van der Waals surface area contributed by atoms with Gasteiger partial charge in [-0.25, -0.2) is 30.3 Å². The molecule has 18 heteroatoms. The van der Waals surface area contributed by atoms with Crippen LogP contribution in [-0.4, -0.2) is 47.3 Å². The Labute approximate surface area is 300 Å². The molecule has 0 aliphatic carbocycles. The van der Waals surface area contributed by atoms with Crippen molar-refractivity contribution in [1.29, 1.82) is 0 Å². The Kier molecular flexibility index (Phi) is 13.0. The van der Waals surface area contributed by atoms with Crippen molar-refractivity contribution < 1.29 is 98.6 Å². The number of amides is 1. The van der Waals surface area contributed by atoms with Crippen LogP contribution < -0.4 is 69.7 Å². The van der Waals surface area contributed by atoms with Crippen molar-refractivity contribution in [3.05, 3.63) is 112 Å². The van der Waals surface area contributed by atoms with Gasteiger partial charge < -0.3 is 9.11 Å². The van der Waals surface area contributed by atoms with Crippen LogP contribution in [-0.2, 0) is 25.0 Å². The average Bonchev–Trinajstić information content (AvgIpc) is 3.35. The average molecular weight is 675 g/mol. The van der Waals surface area contributed by atoms with Gasteiger partial charge in [0, 0.05) is 5.69 Å². The molecule has 1 amide bonds. The van der Waals surface area contributed by atoms with E-state index in [0.717, 1.165) is 34.0 Å². The van der Waals surface area contributed by atoms with Gasteiger partial charge in [0.1, 0.15) is 43.2 Å². The van der Waals surface area contributed by atoms with Crippen molar-refractivity contribution in [2.24, 2.45) is 5.10 Å². The molecule has 0 spiro atoms. The first-order valence-corrected chi connectivity index (χ1v) is 14.9. The summed E-state index contributed by atoms with van der Waals surface area (Å²) < 4.78 is 96.3. The Morgan fingerprint density at radius 2 is 1.31 bits per heavy atom. The molecule has 0 atom stereocenters. The van der Waals surface area contributed by atoms with Crippen LogP contribution in [0.1, 0.15) is 18.2 Å². The minimum absolute atomic E-state index is 0. The number of H-pyrrole nitrogens is 1. The first-order chi connectivity index (χ1) is 20.1. The number of halogens is 2. The number of hydrazone groups is 1. The fourth-order valence-corrected chi connectivity index (χ4v) is 4.90. The van der Waals surface area contributed by atoms with Crippen molar-refractivity contribution in [1.82, 2.24) is 9.78 Å². The van der Waals surface area contributed by atoms with Crippen LogP contribution >= 0.6 is 0 Å². The van der Waals surface area contributed by atoms with Gasteiger partial charge in [0.15, 0.2) is 0 Å². The zero-order valence-corrected chi connectivity index (χ0v) is 29.8. The summed E-state index contributed by atoms with van der Waals surface area (Å²) >= 11 is 0. The van der Waals surface area contributed by atoms with Gasteiger partial charge in [0.25, 0.3) is 11.5 Å². The normalized spacial score (nSPS) is 14.9. The largest absolute Gasteiger partial charge is 1.00 e. The molecule has 45 heavy (non-hydrogen) atoms. The zero-order chi connectivity index (χ0) is 31.7. The van der Waals surface area contributed by atoms with Gasteiger partial charge in [-0.3, -0.25) is 14.7 Å². The topological polar surface area (TPSA) is 185 Å². The Bertz CT molecular complexity index is 2080. The van der Waals surface area contributed by atoms with Gasteiger partial charge in [-0.15, -0.1) is 0 Å². The van der Waals surface area contributed by atoms with Crippen LogP contribution in [0.15, 0.2) is 98.1 Å². The molecule has 1 N–H and O–H groups in total. The van der Waals surface area contributed by atoms with Gasteiger partial charge in [0.05, 0.1) is 26.6 Å². The molecule has 0 saturated carbocycles. The molecule has 4 rings (SSSR count). The smallest absolute Gasteiger partial charge is 0.744 e. The van der Waals surface area contributed by atoms with Crippen LogP contribution in [0.5, 0.6) is 0 Å². The standard InChI is InChI=1S/C27H22F2N4O8S2.2Na/c1-16-20(26(34)32(30-16)24-12-10-18(14-22(24)28)42(36,37)38)8-6-4-3-5-7-9-21-17(2)31-33(27(21)35)25-13-11-19(15-23(25)29)43(39,40)41;;/h3-15,30H,1-2H3,(H,36,37,38)(H,39,40,41);;/q;2*+1/p-2/b4-3+,7-5+,8-6+,21-9-;;/i28-1,29-1;;. The van der Waals surface area contributed by atoms with Crippen LogP contribution in [0.4, 0.5) is 14.5 Å². The van der Waals surface area contributed by atoms with Crippen molar-refractivity contribution >= 4 is 43.6 Å². The monoisotopic (exact) mass is 674 g/mol. The van der Waals surface area contributed by atoms with E-state index in [9.17, 15) is 44.3 Å². The molecule has 12 nitrogen and oxygen atoms in total. The summed E-state index contributed by atoms with van der Waals surface area (Å²) in [4.78, 5) is 24.0. The van der Waals surface area contributed by atoms with Crippen molar-refractivity contribution in [2.75, 3.05) is 5.01 Å². The number of anilines is 1. The molecule has 2 aromatic carbocycles. The summed E-state index contributed by atoms with van der Waals surface area (Å²) in [7, 11) is -9.75. The number of nitrogens with zero attached hydrogens (tertiary/aromatic N) is 3. The molecule has 1 aromatic heterocycles. The second kappa shape index (κ2) is 15.2. The molecule has 0 radical (unpaired) electrons. The number of nitrogens with one attached hydrogen (secondary N) is 1. The minimum atomic E-state index is -4.88. The third kappa shape index (κ3) is 8.74. The molecule has 2 heterocycles. The van der Waals surface area contributed by atoms with E-state index in [4.69, 9.17) is 0 Å². The molecule has 1 aliphatic heterocycles. The molecule has 0 bridgehead atoms. The maximum Gasteiger partial charge on any atom is 1.00 e. The fourth-order valence-electron chi connectivity index (χ4n) is 3.93. The summed E-state index contributed by atoms with van der Waals surface area (Å²) in [6.07, 6.45) is 10.6. The second-order valence-electron chi connectivity index (χ2n) is 8.94. The zero-order valence-electron chi connectivity index (χ0n) is 24.2. The minimum Gasteiger partial charge on any atom is -0.744 e. The van der Waals surface area contributed by atoms with E-state index >= 15 is 0 Å². The van der Waals surface area contributed by atoms with Crippen LogP contribution in [0.2, 0.25) is 0 Å². The van der Waals surface area contributed by atoms with Crippen LogP contribution in [0.3, 0.4) is 0 Å². The quantitative estimate of drug-likeness (QED) is 0.114. The molecule has 3 aromatic rings. The van der Waals surface area contributed by atoms with Gasteiger partial charge in [-0.1, -0.05) is 30.4 Å². The summed E-state index contributed by atoms with van der Waals surface area (Å²) in [5.74, 6) is -2.88. The predicted octanol–water partition coefficient (Wildman–Crippen LogP) is -2.96. The van der Waals surface area contributed by atoms with E-state index in [1.807, 2.05) is 0 Å². The van der Waals surface area contributed by atoms with Crippen LogP contribution in [0, 0.1) is 18.6 Å². The van der Waals surface area contributed by atoms with E-state index < -0.39 is 53.1 Å². The van der Waals surface area contributed by atoms with E-state index in [1.165, 1.54) is 31.2 Å². The van der Waals surface area contributed by atoms with Crippen molar-refractivity contribution in [3.63, 3.8) is 0 Å². The van der Waals surface area contributed by atoms with E-state index in [1.54, 1.807) is 25.2 Å². The van der Waals surface area contributed by atoms with Crippen LogP contribution in [0.25, 0.3) is 11.8 Å². The molecule has 224 valence electrons. The summed E-state index contributed by atoms with van der Waals surface area (Å²) in [5.41, 5.74) is -0.264. The van der Waals surface area contributed by atoms with Gasteiger partial charge in [-0.05, 0) is 62.4 Å². The number of rotatable bonds is 8. The summed E-state index contributed by atoms with van der Waals surface area (Å²) in [5, 5.41) is 7.44. The molecule has 0 fully saturated rings. The van der Waals surface area contributed by atoms with Crippen molar-refractivity contribution in [3.8, 4) is 5.69 Å². The number of carbonyl (C=O) groups excluding carboxylic acids is 1. The first-order valence-electron chi connectivity index (χ1n) is 12.0. The third-order valence-electron chi connectivity index (χ3n) is 6.03. The number of benzene rings is 2. The second-order valence-corrected chi connectivity index (χ2v) is 11.7. The maximum atomic E-state index is 14.4. The first kappa shape index (κ1) is 38.4. The molecular formula is C27H20F2N4Na2O8S2. The molecular weight excluding hydrogens is 654 g/mol.